The van der Waals surface area contributed by atoms with Gasteiger partial charge in [0, 0.05) is 44.2 Å². The van der Waals surface area contributed by atoms with Crippen LogP contribution in [0.15, 0.2) is 48.5 Å². The van der Waals surface area contributed by atoms with E-state index in [9.17, 15) is 9.18 Å². The highest BCUT2D eigenvalue weighted by atomic mass is 19.1. The number of hydrogen-bond acceptors (Lipinski definition) is 4. The van der Waals surface area contributed by atoms with Crippen LogP contribution in [0.4, 0.5) is 4.39 Å². The van der Waals surface area contributed by atoms with Crippen LogP contribution in [-0.2, 0) is 22.7 Å². The van der Waals surface area contributed by atoms with E-state index >= 15 is 0 Å². The Morgan fingerprint density at radius 2 is 1.84 bits per heavy atom. The van der Waals surface area contributed by atoms with Crippen molar-refractivity contribution in [1.82, 2.24) is 9.80 Å². The van der Waals surface area contributed by atoms with E-state index in [0.29, 0.717) is 25.2 Å². The summed E-state index contributed by atoms with van der Waals surface area (Å²) in [6.45, 7) is 3.74. The van der Waals surface area contributed by atoms with Gasteiger partial charge in [-0.1, -0.05) is 36.8 Å². The van der Waals surface area contributed by atoms with Gasteiger partial charge in [-0.25, -0.2) is 4.39 Å². The lowest BCUT2D eigenvalue weighted by Crippen LogP contribution is -2.43. The Hall–Kier alpha value is -2.44. The molecule has 1 saturated carbocycles. The number of nitrogens with zero attached hydrogens (tertiary/aromatic N) is 2. The molecule has 0 spiro atoms. The standard InChI is InChI=1S/C25H31FN2O3/c1-30-22-11-9-19(10-12-22)15-27-13-14-28(25(29)20-6-4-7-20)17-23(16-27)31-18-21-5-2-3-8-24(21)26/h2-3,5,8-12,20,23H,4,6-7,13-18H2,1H3. The molecule has 31 heavy (non-hydrogen) atoms. The van der Waals surface area contributed by atoms with Crippen molar-refractivity contribution in [3.8, 4) is 5.75 Å². The van der Waals surface area contributed by atoms with Crippen molar-refractivity contribution < 1.29 is 18.7 Å². The number of carbonyl (C=O) groups excluding carboxylic acids is 1. The third kappa shape index (κ3) is 5.63. The Balaban J connectivity index is 1.44. The SMILES string of the molecule is COc1ccc(CN2CCN(C(=O)C3CCC3)CC(OCc3ccccc3F)C2)cc1. The molecule has 5 nitrogen and oxygen atoms in total. The molecular weight excluding hydrogens is 395 g/mol. The number of carbonyl (C=O) groups is 1. The van der Waals surface area contributed by atoms with Crippen molar-refractivity contribution in [2.75, 3.05) is 33.3 Å². The number of benzene rings is 2. The average molecular weight is 427 g/mol. The summed E-state index contributed by atoms with van der Waals surface area (Å²) in [6, 6.07) is 14.8. The van der Waals surface area contributed by atoms with E-state index in [1.165, 1.54) is 11.6 Å². The number of methoxy groups -OCH3 is 1. The lowest BCUT2D eigenvalue weighted by molar-refractivity contribution is -0.139. The largest absolute Gasteiger partial charge is 0.497 e. The van der Waals surface area contributed by atoms with Crippen LogP contribution < -0.4 is 4.74 Å². The molecule has 1 amide bonds. The summed E-state index contributed by atoms with van der Waals surface area (Å²) in [4.78, 5) is 17.2. The molecule has 1 atom stereocenters. The molecule has 0 N–H and O–H groups in total. The second kappa shape index (κ2) is 10.2. The lowest BCUT2D eigenvalue weighted by atomic mass is 9.84. The quantitative estimate of drug-likeness (QED) is 0.674. The van der Waals surface area contributed by atoms with Crippen LogP contribution in [0, 0.1) is 11.7 Å². The van der Waals surface area contributed by atoms with Crippen molar-refractivity contribution in [1.29, 1.82) is 0 Å². The molecule has 2 fully saturated rings. The van der Waals surface area contributed by atoms with E-state index in [2.05, 4.69) is 17.0 Å². The van der Waals surface area contributed by atoms with Crippen LogP contribution in [0.5, 0.6) is 5.75 Å². The first kappa shape index (κ1) is 21.8. The molecule has 0 bridgehead atoms. The summed E-state index contributed by atoms with van der Waals surface area (Å²) >= 11 is 0. The molecule has 2 aliphatic rings. The highest BCUT2D eigenvalue weighted by Gasteiger charge is 2.33. The topological polar surface area (TPSA) is 42.0 Å². The van der Waals surface area contributed by atoms with Gasteiger partial charge in [0.25, 0.3) is 0 Å². The molecule has 1 heterocycles. The van der Waals surface area contributed by atoms with Crippen LogP contribution in [0.25, 0.3) is 0 Å². The lowest BCUT2D eigenvalue weighted by Gasteiger charge is -2.32. The maximum Gasteiger partial charge on any atom is 0.225 e. The normalized spacial score (nSPS) is 20.2. The highest BCUT2D eigenvalue weighted by Crippen LogP contribution is 2.29. The highest BCUT2D eigenvalue weighted by molar-refractivity contribution is 5.79. The van der Waals surface area contributed by atoms with Crippen LogP contribution in [0.1, 0.15) is 30.4 Å². The van der Waals surface area contributed by atoms with Crippen molar-refractivity contribution >= 4 is 5.91 Å². The molecule has 0 radical (unpaired) electrons. The van der Waals surface area contributed by atoms with E-state index in [1.807, 2.05) is 23.1 Å². The van der Waals surface area contributed by atoms with Crippen LogP contribution in [-0.4, -0.2) is 55.1 Å². The fourth-order valence-electron chi connectivity index (χ4n) is 4.21. The number of halogens is 1. The second-order valence-corrected chi connectivity index (χ2v) is 8.52. The monoisotopic (exact) mass is 426 g/mol. The third-order valence-corrected chi connectivity index (χ3v) is 6.34. The fraction of sp³-hybridized carbons (Fsp3) is 0.480. The van der Waals surface area contributed by atoms with Gasteiger partial charge in [0.05, 0.1) is 19.8 Å². The first-order valence-electron chi connectivity index (χ1n) is 11.1. The summed E-state index contributed by atoms with van der Waals surface area (Å²) in [5.41, 5.74) is 1.73. The molecule has 166 valence electrons. The zero-order chi connectivity index (χ0) is 21.6. The van der Waals surface area contributed by atoms with Gasteiger partial charge in [0.15, 0.2) is 0 Å². The zero-order valence-corrected chi connectivity index (χ0v) is 18.1. The molecule has 2 aromatic rings. The van der Waals surface area contributed by atoms with Gasteiger partial charge in [0.1, 0.15) is 11.6 Å². The van der Waals surface area contributed by atoms with Gasteiger partial charge in [0.2, 0.25) is 5.91 Å². The van der Waals surface area contributed by atoms with Gasteiger partial charge in [-0.3, -0.25) is 9.69 Å². The molecule has 2 aromatic carbocycles. The molecular formula is C25H31FN2O3. The summed E-state index contributed by atoms with van der Waals surface area (Å²) in [5, 5.41) is 0. The zero-order valence-electron chi connectivity index (χ0n) is 18.1. The Morgan fingerprint density at radius 3 is 2.52 bits per heavy atom. The maximum atomic E-state index is 14.0. The summed E-state index contributed by atoms with van der Waals surface area (Å²) in [7, 11) is 1.66. The first-order chi connectivity index (χ1) is 15.1. The Morgan fingerprint density at radius 1 is 1.06 bits per heavy atom. The fourth-order valence-corrected chi connectivity index (χ4v) is 4.21. The van der Waals surface area contributed by atoms with E-state index in [4.69, 9.17) is 9.47 Å². The third-order valence-electron chi connectivity index (χ3n) is 6.34. The molecule has 6 heteroatoms. The van der Waals surface area contributed by atoms with Crippen molar-refractivity contribution in [2.24, 2.45) is 5.92 Å². The van der Waals surface area contributed by atoms with Gasteiger partial charge in [-0.05, 0) is 36.6 Å². The summed E-state index contributed by atoms with van der Waals surface area (Å²) in [6.07, 6.45) is 2.96. The minimum absolute atomic E-state index is 0.163. The van der Waals surface area contributed by atoms with E-state index < -0.39 is 0 Å². The molecule has 1 saturated heterocycles. The maximum absolute atomic E-state index is 14.0. The van der Waals surface area contributed by atoms with E-state index in [-0.39, 0.29) is 30.4 Å². The predicted molar refractivity (Wildman–Crippen MR) is 117 cm³/mol. The molecule has 4 rings (SSSR count). The van der Waals surface area contributed by atoms with Crippen molar-refractivity contribution in [3.63, 3.8) is 0 Å². The van der Waals surface area contributed by atoms with Crippen molar-refractivity contribution in [2.45, 2.75) is 38.5 Å². The van der Waals surface area contributed by atoms with Crippen LogP contribution >= 0.6 is 0 Å². The minimum atomic E-state index is -0.256. The van der Waals surface area contributed by atoms with Gasteiger partial charge < -0.3 is 14.4 Å². The molecule has 1 aliphatic heterocycles. The smallest absolute Gasteiger partial charge is 0.225 e. The summed E-state index contributed by atoms with van der Waals surface area (Å²) in [5.74, 6) is 0.994. The van der Waals surface area contributed by atoms with E-state index in [0.717, 1.165) is 38.1 Å². The van der Waals surface area contributed by atoms with Gasteiger partial charge in [-0.2, -0.15) is 0 Å². The number of rotatable bonds is 7. The average Bonchev–Trinajstić information content (AvgIpc) is 2.95. The summed E-state index contributed by atoms with van der Waals surface area (Å²) < 4.78 is 25.4. The number of ether oxygens (including phenoxy) is 2. The van der Waals surface area contributed by atoms with E-state index in [1.54, 1.807) is 19.2 Å². The predicted octanol–water partition coefficient (Wildman–Crippen LogP) is 3.86. The Kier molecular flexibility index (Phi) is 7.20. The minimum Gasteiger partial charge on any atom is -0.497 e. The Bertz CT molecular complexity index is 869. The number of hydrogen-bond donors (Lipinski definition) is 0. The molecule has 1 unspecified atom stereocenters. The Labute approximate surface area is 183 Å². The van der Waals surface area contributed by atoms with Gasteiger partial charge in [-0.15, -0.1) is 0 Å². The molecule has 0 aromatic heterocycles. The van der Waals surface area contributed by atoms with Crippen LogP contribution in [0.3, 0.4) is 0 Å². The van der Waals surface area contributed by atoms with Gasteiger partial charge >= 0.3 is 0 Å². The van der Waals surface area contributed by atoms with Crippen LogP contribution in [0.2, 0.25) is 0 Å². The van der Waals surface area contributed by atoms with Crippen molar-refractivity contribution in [3.05, 3.63) is 65.5 Å². The second-order valence-electron chi connectivity index (χ2n) is 8.52. The molecule has 1 aliphatic carbocycles. The number of amides is 1. The first-order valence-corrected chi connectivity index (χ1v) is 11.1.